The van der Waals surface area contributed by atoms with Crippen molar-refractivity contribution >= 4 is 29.9 Å². The van der Waals surface area contributed by atoms with Gasteiger partial charge < -0.3 is 20.5 Å². The Balaban J connectivity index is 0.00000364. The molecule has 1 aromatic rings. The molecular weight excluding hydrogens is 462 g/mol. The number of halogens is 2. The zero-order valence-corrected chi connectivity index (χ0v) is 18.8. The number of hydrogen-bond donors (Lipinski definition) is 3. The summed E-state index contributed by atoms with van der Waals surface area (Å²) in [5.41, 5.74) is 0.685. The third-order valence-electron chi connectivity index (χ3n) is 4.29. The first-order valence-electron chi connectivity index (χ1n) is 9.19. The molecule has 6 nitrogen and oxygen atoms in total. The van der Waals surface area contributed by atoms with Gasteiger partial charge in [-0.2, -0.15) is 0 Å². The van der Waals surface area contributed by atoms with E-state index in [-0.39, 0.29) is 29.8 Å². The molecule has 8 heteroatoms. The molecule has 1 aliphatic rings. The van der Waals surface area contributed by atoms with Gasteiger partial charge in [0.15, 0.2) is 5.96 Å². The van der Waals surface area contributed by atoms with Gasteiger partial charge in [0.1, 0.15) is 5.82 Å². The van der Waals surface area contributed by atoms with Gasteiger partial charge in [-0.05, 0) is 38.0 Å². The summed E-state index contributed by atoms with van der Waals surface area (Å²) in [6, 6.07) is 5.01. The van der Waals surface area contributed by atoms with Gasteiger partial charge in [0, 0.05) is 32.7 Å². The summed E-state index contributed by atoms with van der Waals surface area (Å²) in [7, 11) is 0. The maximum Gasteiger partial charge on any atom is 0.191 e. The van der Waals surface area contributed by atoms with Gasteiger partial charge in [-0.1, -0.05) is 12.1 Å². The van der Waals surface area contributed by atoms with E-state index in [1.165, 1.54) is 6.07 Å². The van der Waals surface area contributed by atoms with E-state index >= 15 is 0 Å². The Kier molecular flexibility index (Phi) is 10.5. The van der Waals surface area contributed by atoms with Crippen LogP contribution in [-0.4, -0.2) is 67.5 Å². The third-order valence-corrected chi connectivity index (χ3v) is 4.29. The van der Waals surface area contributed by atoms with Crippen LogP contribution in [0.3, 0.4) is 0 Å². The molecule has 1 saturated heterocycles. The Morgan fingerprint density at radius 1 is 1.33 bits per heavy atom. The summed E-state index contributed by atoms with van der Waals surface area (Å²) in [6.45, 7) is 10.8. The number of β-amino-alcohol motifs (C(OH)–C–C–N with tert-alkyl or cyclic N) is 1. The van der Waals surface area contributed by atoms with Gasteiger partial charge in [-0.3, -0.25) is 4.90 Å². The minimum Gasteiger partial charge on any atom is -0.387 e. The van der Waals surface area contributed by atoms with Crippen LogP contribution in [0.25, 0.3) is 0 Å². The van der Waals surface area contributed by atoms with E-state index < -0.39 is 5.60 Å². The molecule has 3 N–H and O–H groups in total. The summed E-state index contributed by atoms with van der Waals surface area (Å²) in [5.74, 6) is 0.429. The molecule has 1 heterocycles. The standard InChI is InChI=1S/C19H31FN4O2.HI/c1-4-21-18(22-12-16-5-6-17(20)15(2)11-16)23-13-19(3,25)14-24-7-9-26-10-8-24;/h5-6,11,25H,4,7-10,12-14H2,1-3H3,(H2,21,22,23);1H. The molecule has 0 radical (unpaired) electrons. The second-order valence-electron chi connectivity index (χ2n) is 7.02. The first-order valence-corrected chi connectivity index (χ1v) is 9.19. The van der Waals surface area contributed by atoms with Crippen LogP contribution >= 0.6 is 24.0 Å². The van der Waals surface area contributed by atoms with Crippen LogP contribution in [0.2, 0.25) is 0 Å². The van der Waals surface area contributed by atoms with E-state index in [0.29, 0.717) is 44.4 Å². The smallest absolute Gasteiger partial charge is 0.191 e. The van der Waals surface area contributed by atoms with Gasteiger partial charge in [-0.25, -0.2) is 9.38 Å². The number of aliphatic hydroxyl groups is 1. The average molecular weight is 494 g/mol. The maximum atomic E-state index is 13.4. The van der Waals surface area contributed by atoms with Crippen molar-refractivity contribution in [1.29, 1.82) is 0 Å². The second-order valence-corrected chi connectivity index (χ2v) is 7.02. The van der Waals surface area contributed by atoms with Crippen molar-refractivity contribution in [3.05, 3.63) is 35.1 Å². The molecule has 0 aromatic heterocycles. The van der Waals surface area contributed by atoms with Gasteiger partial charge in [0.25, 0.3) is 0 Å². The minimum atomic E-state index is -0.875. The Bertz CT molecular complexity index is 607. The van der Waals surface area contributed by atoms with Crippen LogP contribution in [0.1, 0.15) is 25.0 Å². The predicted octanol–water partition coefficient (Wildman–Crippen LogP) is 1.89. The van der Waals surface area contributed by atoms with Crippen LogP contribution in [0.5, 0.6) is 0 Å². The number of nitrogens with one attached hydrogen (secondary N) is 2. The topological polar surface area (TPSA) is 69.1 Å². The van der Waals surface area contributed by atoms with Gasteiger partial charge >= 0.3 is 0 Å². The third kappa shape index (κ3) is 8.71. The van der Waals surface area contributed by atoms with Gasteiger partial charge in [0.2, 0.25) is 0 Å². The molecule has 0 amide bonds. The average Bonchev–Trinajstić information content (AvgIpc) is 2.61. The minimum absolute atomic E-state index is 0. The molecule has 0 saturated carbocycles. The van der Waals surface area contributed by atoms with Gasteiger partial charge in [-0.15, -0.1) is 24.0 Å². The summed E-state index contributed by atoms with van der Waals surface area (Å²) in [6.07, 6.45) is 0. The van der Waals surface area contributed by atoms with E-state index in [1.807, 2.05) is 13.8 Å². The normalized spacial score (nSPS) is 17.7. The van der Waals surface area contributed by atoms with Crippen molar-refractivity contribution in [2.45, 2.75) is 32.9 Å². The van der Waals surface area contributed by atoms with E-state index in [1.54, 1.807) is 19.1 Å². The first kappa shape index (κ1) is 24.1. The molecule has 0 spiro atoms. The highest BCUT2D eigenvalue weighted by atomic mass is 127. The molecule has 154 valence electrons. The van der Waals surface area contributed by atoms with Crippen molar-refractivity contribution in [2.75, 3.05) is 45.9 Å². The highest BCUT2D eigenvalue weighted by Gasteiger charge is 2.25. The van der Waals surface area contributed by atoms with Crippen molar-refractivity contribution in [1.82, 2.24) is 15.5 Å². The quantitative estimate of drug-likeness (QED) is 0.307. The van der Waals surface area contributed by atoms with Crippen molar-refractivity contribution in [2.24, 2.45) is 4.99 Å². The number of guanidine groups is 1. The SMILES string of the molecule is CCNC(=NCc1ccc(F)c(C)c1)NCC(C)(O)CN1CCOCC1.I. The van der Waals surface area contributed by atoms with Crippen molar-refractivity contribution in [3.8, 4) is 0 Å². The molecule has 1 atom stereocenters. The molecular formula is C19H32FIN4O2. The van der Waals surface area contributed by atoms with E-state index in [9.17, 15) is 9.50 Å². The lowest BCUT2D eigenvalue weighted by molar-refractivity contribution is -0.0201. The summed E-state index contributed by atoms with van der Waals surface area (Å²) in [4.78, 5) is 6.74. The van der Waals surface area contributed by atoms with Crippen LogP contribution < -0.4 is 10.6 Å². The van der Waals surface area contributed by atoms with Crippen molar-refractivity contribution < 1.29 is 14.2 Å². The van der Waals surface area contributed by atoms with Gasteiger partial charge in [0.05, 0.1) is 25.4 Å². The molecule has 0 bridgehead atoms. The monoisotopic (exact) mass is 494 g/mol. The van der Waals surface area contributed by atoms with Crippen LogP contribution in [0, 0.1) is 12.7 Å². The summed E-state index contributed by atoms with van der Waals surface area (Å²) < 4.78 is 18.7. The van der Waals surface area contributed by atoms with Crippen LogP contribution in [0.4, 0.5) is 4.39 Å². The molecule has 1 unspecified atom stereocenters. The number of morpholine rings is 1. The maximum absolute atomic E-state index is 13.4. The lowest BCUT2D eigenvalue weighted by atomic mass is 10.1. The zero-order chi connectivity index (χ0) is 19.0. The van der Waals surface area contributed by atoms with Crippen LogP contribution in [-0.2, 0) is 11.3 Å². The Morgan fingerprint density at radius 3 is 2.67 bits per heavy atom. The Labute approximate surface area is 178 Å². The number of nitrogens with zero attached hydrogens (tertiary/aromatic N) is 2. The number of aryl methyl sites for hydroxylation is 1. The Hall–Kier alpha value is -0.970. The number of aliphatic imine (C=N–C) groups is 1. The number of benzene rings is 1. The lowest BCUT2D eigenvalue weighted by Gasteiger charge is -2.34. The number of ether oxygens (including phenoxy) is 1. The fourth-order valence-electron chi connectivity index (χ4n) is 2.89. The fraction of sp³-hybridized carbons (Fsp3) is 0.632. The summed E-state index contributed by atoms with van der Waals surface area (Å²) in [5, 5.41) is 17.0. The predicted molar refractivity (Wildman–Crippen MR) is 117 cm³/mol. The highest BCUT2D eigenvalue weighted by Crippen LogP contribution is 2.10. The second kappa shape index (κ2) is 11.8. The number of hydrogen-bond acceptors (Lipinski definition) is 4. The first-order chi connectivity index (χ1) is 12.4. The Morgan fingerprint density at radius 2 is 2.04 bits per heavy atom. The van der Waals surface area contributed by atoms with E-state index in [2.05, 4.69) is 20.5 Å². The molecule has 0 aliphatic carbocycles. The molecule has 1 aromatic carbocycles. The highest BCUT2D eigenvalue weighted by molar-refractivity contribution is 14.0. The summed E-state index contributed by atoms with van der Waals surface area (Å²) >= 11 is 0. The van der Waals surface area contributed by atoms with E-state index in [4.69, 9.17) is 4.74 Å². The molecule has 27 heavy (non-hydrogen) atoms. The molecule has 2 rings (SSSR count). The number of rotatable bonds is 7. The molecule has 1 aliphatic heterocycles. The fourth-order valence-corrected chi connectivity index (χ4v) is 2.89. The molecule has 1 fully saturated rings. The van der Waals surface area contributed by atoms with Crippen molar-refractivity contribution in [3.63, 3.8) is 0 Å². The van der Waals surface area contributed by atoms with E-state index in [0.717, 1.165) is 25.2 Å². The largest absolute Gasteiger partial charge is 0.387 e. The lowest BCUT2D eigenvalue weighted by Crippen LogP contribution is -2.52. The zero-order valence-electron chi connectivity index (χ0n) is 16.4. The van der Waals surface area contributed by atoms with Crippen LogP contribution in [0.15, 0.2) is 23.2 Å².